The molecule has 2 heterocycles. The Hall–Kier alpha value is -3.16. The number of halogens is 1. The summed E-state index contributed by atoms with van der Waals surface area (Å²) in [4.78, 5) is 39.0. The molecule has 0 atom stereocenters. The van der Waals surface area contributed by atoms with E-state index in [4.69, 9.17) is 4.74 Å². The molecule has 1 aliphatic rings. The molecule has 0 radical (unpaired) electrons. The summed E-state index contributed by atoms with van der Waals surface area (Å²) < 4.78 is 18.8. The summed E-state index contributed by atoms with van der Waals surface area (Å²) in [6.45, 7) is 0.550. The highest BCUT2D eigenvalue weighted by atomic mass is 19.1. The molecule has 2 amide bonds. The molecule has 0 spiro atoms. The van der Waals surface area contributed by atoms with Crippen molar-refractivity contribution in [3.8, 4) is 5.75 Å². The Morgan fingerprint density at radius 3 is 2.88 bits per heavy atom. The Morgan fingerprint density at radius 1 is 1.28 bits per heavy atom. The molecule has 1 aromatic heterocycles. The predicted molar refractivity (Wildman–Crippen MR) is 86.7 cm³/mol. The Labute approximate surface area is 142 Å². The first kappa shape index (κ1) is 16.7. The molecule has 1 aliphatic heterocycles. The first-order valence-corrected chi connectivity index (χ1v) is 7.69. The van der Waals surface area contributed by atoms with Crippen LogP contribution in [0.2, 0.25) is 0 Å². The predicted octanol–water partition coefficient (Wildman–Crippen LogP) is 0.665. The Balaban J connectivity index is 1.60. The van der Waals surface area contributed by atoms with Crippen LogP contribution in [-0.2, 0) is 11.3 Å². The second-order valence-corrected chi connectivity index (χ2v) is 5.55. The summed E-state index contributed by atoms with van der Waals surface area (Å²) in [7, 11) is 0. The van der Waals surface area contributed by atoms with Gasteiger partial charge in [-0.05, 0) is 24.3 Å². The number of amides is 2. The van der Waals surface area contributed by atoms with Crippen molar-refractivity contribution in [2.45, 2.75) is 6.54 Å². The maximum atomic E-state index is 13.4. The standard InChI is InChI=1S/C17H16FN3O4/c18-13-2-3-14-12(7-13)9-21(16(23)10-25-14)6-5-19-17(24)11-1-4-15(22)20-8-11/h1-4,7-8H,5-6,9-10H2,(H,19,24)(H,20,22). The van der Waals surface area contributed by atoms with E-state index in [1.165, 1.54) is 41.4 Å². The summed E-state index contributed by atoms with van der Waals surface area (Å²) in [5.74, 6) is -0.520. The van der Waals surface area contributed by atoms with E-state index in [2.05, 4.69) is 10.3 Å². The van der Waals surface area contributed by atoms with E-state index in [0.29, 0.717) is 16.9 Å². The number of pyridine rings is 1. The van der Waals surface area contributed by atoms with Gasteiger partial charge in [0.2, 0.25) is 5.56 Å². The minimum atomic E-state index is -0.400. The number of H-pyrrole nitrogens is 1. The zero-order valence-electron chi connectivity index (χ0n) is 13.3. The Kier molecular flexibility index (Phi) is 4.78. The summed E-state index contributed by atoms with van der Waals surface area (Å²) in [6, 6.07) is 6.79. The quantitative estimate of drug-likeness (QED) is 0.852. The molecule has 0 saturated heterocycles. The average Bonchev–Trinajstić information content (AvgIpc) is 2.74. The van der Waals surface area contributed by atoms with Crippen molar-refractivity contribution in [2.24, 2.45) is 0 Å². The molecule has 7 nitrogen and oxygen atoms in total. The van der Waals surface area contributed by atoms with Gasteiger partial charge in [-0.25, -0.2) is 4.39 Å². The number of hydrogen-bond acceptors (Lipinski definition) is 4. The lowest BCUT2D eigenvalue weighted by atomic mass is 10.2. The highest BCUT2D eigenvalue weighted by Crippen LogP contribution is 2.24. The van der Waals surface area contributed by atoms with Gasteiger partial charge in [0.1, 0.15) is 11.6 Å². The van der Waals surface area contributed by atoms with Crippen LogP contribution in [0.4, 0.5) is 4.39 Å². The van der Waals surface area contributed by atoms with Crippen LogP contribution in [0.25, 0.3) is 0 Å². The SMILES string of the molecule is O=C(NCCN1Cc2cc(F)ccc2OCC1=O)c1ccc(=O)[nH]c1. The number of aromatic nitrogens is 1. The summed E-state index contributed by atoms with van der Waals surface area (Å²) in [5.41, 5.74) is 0.605. The lowest BCUT2D eigenvalue weighted by Crippen LogP contribution is -2.39. The molecule has 25 heavy (non-hydrogen) atoms. The fourth-order valence-corrected chi connectivity index (χ4v) is 2.50. The third-order valence-electron chi connectivity index (χ3n) is 3.80. The normalized spacial score (nSPS) is 13.6. The number of aromatic amines is 1. The topological polar surface area (TPSA) is 91.5 Å². The van der Waals surface area contributed by atoms with Crippen LogP contribution >= 0.6 is 0 Å². The largest absolute Gasteiger partial charge is 0.483 e. The van der Waals surface area contributed by atoms with Gasteiger partial charge in [-0.3, -0.25) is 14.4 Å². The highest BCUT2D eigenvalue weighted by molar-refractivity contribution is 5.93. The third kappa shape index (κ3) is 4.03. The molecule has 1 aromatic carbocycles. The molecule has 130 valence electrons. The number of nitrogens with one attached hydrogen (secondary N) is 2. The summed E-state index contributed by atoms with van der Waals surface area (Å²) >= 11 is 0. The number of benzene rings is 1. The molecule has 3 rings (SSSR count). The van der Waals surface area contributed by atoms with E-state index in [-0.39, 0.29) is 43.6 Å². The van der Waals surface area contributed by atoms with Gasteiger partial charge in [0.15, 0.2) is 6.61 Å². The molecule has 0 aliphatic carbocycles. The molecule has 0 fully saturated rings. The average molecular weight is 345 g/mol. The number of carbonyl (C=O) groups is 2. The maximum absolute atomic E-state index is 13.4. The minimum Gasteiger partial charge on any atom is -0.483 e. The van der Waals surface area contributed by atoms with Gasteiger partial charge in [-0.2, -0.15) is 0 Å². The number of hydrogen-bond donors (Lipinski definition) is 2. The summed E-state index contributed by atoms with van der Waals surface area (Å²) in [6.07, 6.45) is 1.32. The maximum Gasteiger partial charge on any atom is 0.260 e. The first-order chi connectivity index (χ1) is 12.0. The molecule has 0 bridgehead atoms. The number of fused-ring (bicyclic) bond motifs is 1. The second-order valence-electron chi connectivity index (χ2n) is 5.55. The van der Waals surface area contributed by atoms with Crippen LogP contribution in [0.3, 0.4) is 0 Å². The minimum absolute atomic E-state index is 0.132. The molecule has 2 N–H and O–H groups in total. The van der Waals surface area contributed by atoms with Gasteiger partial charge in [0, 0.05) is 37.5 Å². The Bertz CT molecular complexity index is 845. The van der Waals surface area contributed by atoms with Gasteiger partial charge in [-0.15, -0.1) is 0 Å². The van der Waals surface area contributed by atoms with Gasteiger partial charge in [-0.1, -0.05) is 0 Å². The molecule has 0 unspecified atom stereocenters. The number of rotatable bonds is 4. The van der Waals surface area contributed by atoms with E-state index >= 15 is 0 Å². The Morgan fingerprint density at radius 2 is 2.12 bits per heavy atom. The highest BCUT2D eigenvalue weighted by Gasteiger charge is 2.21. The fraction of sp³-hybridized carbons (Fsp3) is 0.235. The molecule has 0 saturated carbocycles. The smallest absolute Gasteiger partial charge is 0.260 e. The van der Waals surface area contributed by atoms with E-state index in [1.807, 2.05) is 0 Å². The van der Waals surface area contributed by atoms with Gasteiger partial charge in [0.25, 0.3) is 11.8 Å². The van der Waals surface area contributed by atoms with Crippen LogP contribution in [-0.4, -0.2) is 41.4 Å². The van der Waals surface area contributed by atoms with Crippen molar-refractivity contribution in [2.75, 3.05) is 19.7 Å². The molecular formula is C17H16FN3O4. The second kappa shape index (κ2) is 7.16. The number of carbonyl (C=O) groups excluding carboxylic acids is 2. The van der Waals surface area contributed by atoms with E-state index in [9.17, 15) is 18.8 Å². The molecular weight excluding hydrogens is 329 g/mol. The van der Waals surface area contributed by atoms with Crippen molar-refractivity contribution in [1.29, 1.82) is 0 Å². The van der Waals surface area contributed by atoms with Crippen molar-refractivity contribution in [3.05, 3.63) is 63.8 Å². The van der Waals surface area contributed by atoms with Crippen molar-refractivity contribution in [3.63, 3.8) is 0 Å². The molecule has 2 aromatic rings. The zero-order valence-corrected chi connectivity index (χ0v) is 13.3. The van der Waals surface area contributed by atoms with Gasteiger partial charge < -0.3 is 19.9 Å². The number of nitrogens with zero attached hydrogens (tertiary/aromatic N) is 1. The van der Waals surface area contributed by atoms with Crippen LogP contribution < -0.4 is 15.6 Å². The number of ether oxygens (including phenoxy) is 1. The van der Waals surface area contributed by atoms with Crippen LogP contribution in [0.1, 0.15) is 15.9 Å². The zero-order chi connectivity index (χ0) is 17.8. The van der Waals surface area contributed by atoms with E-state index in [1.54, 1.807) is 0 Å². The van der Waals surface area contributed by atoms with Crippen LogP contribution in [0, 0.1) is 5.82 Å². The molecule has 8 heteroatoms. The van der Waals surface area contributed by atoms with Crippen molar-refractivity contribution < 1.29 is 18.7 Å². The van der Waals surface area contributed by atoms with Gasteiger partial charge in [0.05, 0.1) is 5.56 Å². The van der Waals surface area contributed by atoms with Crippen molar-refractivity contribution in [1.82, 2.24) is 15.2 Å². The fourth-order valence-electron chi connectivity index (χ4n) is 2.50. The van der Waals surface area contributed by atoms with Crippen molar-refractivity contribution >= 4 is 11.8 Å². The first-order valence-electron chi connectivity index (χ1n) is 7.69. The van der Waals surface area contributed by atoms with E-state index < -0.39 is 5.82 Å². The monoisotopic (exact) mass is 345 g/mol. The third-order valence-corrected chi connectivity index (χ3v) is 3.80. The van der Waals surface area contributed by atoms with Crippen LogP contribution in [0.15, 0.2) is 41.3 Å². The van der Waals surface area contributed by atoms with Gasteiger partial charge >= 0.3 is 0 Å². The van der Waals surface area contributed by atoms with E-state index in [0.717, 1.165) is 0 Å². The lowest BCUT2D eigenvalue weighted by Gasteiger charge is -2.20. The van der Waals surface area contributed by atoms with Crippen LogP contribution in [0.5, 0.6) is 5.75 Å². The summed E-state index contributed by atoms with van der Waals surface area (Å²) in [5, 5.41) is 2.67. The lowest BCUT2D eigenvalue weighted by molar-refractivity contribution is -0.133.